The predicted molar refractivity (Wildman–Crippen MR) is 79.8 cm³/mol. The average molecular weight is 418 g/mol. The second kappa shape index (κ2) is 5.79. The Morgan fingerprint density at radius 1 is 1.44 bits per heavy atom. The number of rotatable bonds is 5. The van der Waals surface area contributed by atoms with Crippen LogP contribution in [0.15, 0.2) is 27.6 Å². The zero-order chi connectivity index (χ0) is 13.3. The monoisotopic (exact) mass is 415 g/mol. The lowest BCUT2D eigenvalue weighted by Crippen LogP contribution is -2.30. The van der Waals surface area contributed by atoms with Crippen LogP contribution >= 0.6 is 43.5 Å². The van der Waals surface area contributed by atoms with Gasteiger partial charge in [-0.3, -0.25) is 0 Å². The van der Waals surface area contributed by atoms with Gasteiger partial charge in [0.2, 0.25) is 10.0 Å². The molecule has 1 fully saturated rings. The molecule has 100 valence electrons. The largest absolute Gasteiger partial charge is 0.242 e. The molecule has 0 radical (unpaired) electrons. The van der Waals surface area contributed by atoms with Crippen LogP contribution in [0.3, 0.4) is 0 Å². The van der Waals surface area contributed by atoms with Gasteiger partial charge in [-0.15, -0.1) is 0 Å². The van der Waals surface area contributed by atoms with Crippen LogP contribution in [0.25, 0.3) is 0 Å². The first-order valence-electron chi connectivity index (χ1n) is 5.49. The number of halogens is 3. The Kier molecular flexibility index (Phi) is 4.75. The third-order valence-electron chi connectivity index (χ3n) is 2.79. The first-order chi connectivity index (χ1) is 8.40. The second-order valence-electron chi connectivity index (χ2n) is 4.28. The predicted octanol–water partition coefficient (Wildman–Crippen LogP) is 3.55. The van der Waals surface area contributed by atoms with Gasteiger partial charge in [-0.05, 0) is 37.0 Å². The van der Waals surface area contributed by atoms with Crippen LogP contribution in [0.4, 0.5) is 0 Å². The SMILES string of the molecule is O=S(=O)(NCC(Br)C1CC1)c1ccc(Br)cc1Cl. The second-order valence-corrected chi connectivity index (χ2v) is 8.51. The number of sulfonamides is 1. The molecule has 1 N–H and O–H groups in total. The quantitative estimate of drug-likeness (QED) is 0.745. The van der Waals surface area contributed by atoms with Crippen molar-refractivity contribution in [3.63, 3.8) is 0 Å². The Hall–Kier alpha value is 0.380. The van der Waals surface area contributed by atoms with Crippen molar-refractivity contribution in [1.82, 2.24) is 4.72 Å². The number of benzene rings is 1. The van der Waals surface area contributed by atoms with Gasteiger partial charge in [0.15, 0.2) is 0 Å². The van der Waals surface area contributed by atoms with Crippen molar-refractivity contribution in [3.05, 3.63) is 27.7 Å². The summed E-state index contributed by atoms with van der Waals surface area (Å²) in [6, 6.07) is 4.73. The Morgan fingerprint density at radius 3 is 2.67 bits per heavy atom. The summed E-state index contributed by atoms with van der Waals surface area (Å²) in [6.45, 7) is 0.388. The van der Waals surface area contributed by atoms with Crippen molar-refractivity contribution in [1.29, 1.82) is 0 Å². The molecule has 1 saturated carbocycles. The zero-order valence-electron chi connectivity index (χ0n) is 9.37. The van der Waals surface area contributed by atoms with E-state index in [4.69, 9.17) is 11.6 Å². The minimum absolute atomic E-state index is 0.114. The minimum atomic E-state index is -3.54. The Labute approximate surface area is 129 Å². The standard InChI is InChI=1S/C11H12Br2ClNO2S/c12-8-3-4-11(10(14)5-8)18(16,17)15-6-9(13)7-1-2-7/h3-5,7,9,15H,1-2,6H2. The van der Waals surface area contributed by atoms with Gasteiger partial charge in [-0.25, -0.2) is 13.1 Å². The van der Waals surface area contributed by atoms with E-state index in [9.17, 15) is 8.42 Å². The fraction of sp³-hybridized carbons (Fsp3) is 0.455. The van der Waals surface area contributed by atoms with Gasteiger partial charge in [-0.2, -0.15) is 0 Å². The molecule has 1 unspecified atom stereocenters. The molecule has 0 saturated heterocycles. The molecule has 0 bridgehead atoms. The van der Waals surface area contributed by atoms with Crippen molar-refractivity contribution in [2.75, 3.05) is 6.54 Å². The number of hydrogen-bond acceptors (Lipinski definition) is 2. The van der Waals surface area contributed by atoms with Crippen molar-refractivity contribution in [2.24, 2.45) is 5.92 Å². The summed E-state index contributed by atoms with van der Waals surface area (Å²) in [7, 11) is -3.54. The van der Waals surface area contributed by atoms with E-state index in [-0.39, 0.29) is 14.7 Å². The van der Waals surface area contributed by atoms with Crippen LogP contribution < -0.4 is 4.72 Å². The maximum atomic E-state index is 12.1. The van der Waals surface area contributed by atoms with Crippen LogP contribution in [-0.4, -0.2) is 19.8 Å². The molecular formula is C11H12Br2ClNO2S. The highest BCUT2D eigenvalue weighted by Crippen LogP contribution is 2.36. The first-order valence-corrected chi connectivity index (χ1v) is 9.06. The van der Waals surface area contributed by atoms with Gasteiger partial charge in [0.25, 0.3) is 0 Å². The molecular weight excluding hydrogens is 405 g/mol. The number of nitrogens with one attached hydrogen (secondary N) is 1. The summed E-state index contributed by atoms with van der Waals surface area (Å²) < 4.78 is 27.5. The summed E-state index contributed by atoms with van der Waals surface area (Å²) in [5.74, 6) is 0.591. The van der Waals surface area contributed by atoms with Crippen molar-refractivity contribution in [2.45, 2.75) is 22.6 Å². The first kappa shape index (κ1) is 14.8. The summed E-state index contributed by atoms with van der Waals surface area (Å²) in [5, 5.41) is 0.217. The Bertz CT molecular complexity index is 546. The highest BCUT2D eigenvalue weighted by Gasteiger charge is 2.30. The van der Waals surface area contributed by atoms with Gasteiger partial charge < -0.3 is 0 Å². The summed E-state index contributed by atoms with van der Waals surface area (Å²) in [4.78, 5) is 0.310. The zero-order valence-corrected chi connectivity index (χ0v) is 14.1. The van der Waals surface area contributed by atoms with E-state index in [1.54, 1.807) is 12.1 Å². The third-order valence-corrected chi connectivity index (χ3v) is 6.26. The molecule has 0 amide bonds. The van der Waals surface area contributed by atoms with Gasteiger partial charge >= 0.3 is 0 Å². The van der Waals surface area contributed by atoms with Gasteiger partial charge in [0.05, 0.1) is 5.02 Å². The van der Waals surface area contributed by atoms with Crippen LogP contribution in [0.2, 0.25) is 5.02 Å². The van der Waals surface area contributed by atoms with Gasteiger partial charge in [0.1, 0.15) is 4.90 Å². The molecule has 3 nitrogen and oxygen atoms in total. The molecule has 1 aromatic rings. The molecule has 1 aliphatic carbocycles. The van der Waals surface area contributed by atoms with Crippen LogP contribution in [0.1, 0.15) is 12.8 Å². The van der Waals surface area contributed by atoms with E-state index < -0.39 is 10.0 Å². The molecule has 0 aliphatic heterocycles. The lowest BCUT2D eigenvalue weighted by Gasteiger charge is -2.11. The molecule has 1 atom stereocenters. The lowest BCUT2D eigenvalue weighted by atomic mass is 10.3. The summed E-state index contributed by atoms with van der Waals surface area (Å²) >= 11 is 12.7. The third kappa shape index (κ3) is 3.70. The molecule has 18 heavy (non-hydrogen) atoms. The Morgan fingerprint density at radius 2 is 2.11 bits per heavy atom. The smallest absolute Gasteiger partial charge is 0.210 e. The molecule has 0 spiro atoms. The number of alkyl halides is 1. The maximum Gasteiger partial charge on any atom is 0.242 e. The van der Waals surface area contributed by atoms with Gasteiger partial charge in [0, 0.05) is 15.8 Å². The van der Waals surface area contributed by atoms with Crippen molar-refractivity contribution >= 4 is 53.5 Å². The molecule has 2 rings (SSSR count). The summed E-state index contributed by atoms with van der Waals surface area (Å²) in [6.07, 6.45) is 2.33. The molecule has 7 heteroatoms. The van der Waals surface area contributed by atoms with Crippen LogP contribution in [0, 0.1) is 5.92 Å². The topological polar surface area (TPSA) is 46.2 Å². The molecule has 0 aromatic heterocycles. The van der Waals surface area contributed by atoms with Gasteiger partial charge in [-0.1, -0.05) is 43.5 Å². The van der Waals surface area contributed by atoms with E-state index in [1.165, 1.54) is 6.07 Å². The minimum Gasteiger partial charge on any atom is -0.210 e. The highest BCUT2D eigenvalue weighted by molar-refractivity contribution is 9.10. The fourth-order valence-corrected chi connectivity index (χ4v) is 4.59. The van der Waals surface area contributed by atoms with E-state index in [1.807, 2.05) is 0 Å². The normalized spacial score (nSPS) is 17.7. The molecule has 1 aromatic carbocycles. The van der Waals surface area contributed by atoms with E-state index in [0.29, 0.717) is 12.5 Å². The average Bonchev–Trinajstić information content (AvgIpc) is 3.09. The van der Waals surface area contributed by atoms with Crippen molar-refractivity contribution in [3.8, 4) is 0 Å². The van der Waals surface area contributed by atoms with E-state index in [2.05, 4.69) is 36.6 Å². The fourth-order valence-electron chi connectivity index (χ4n) is 1.58. The van der Waals surface area contributed by atoms with E-state index in [0.717, 1.165) is 17.3 Å². The molecule has 0 heterocycles. The maximum absolute atomic E-state index is 12.1. The number of hydrogen-bond donors (Lipinski definition) is 1. The summed E-state index contributed by atoms with van der Waals surface area (Å²) in [5.41, 5.74) is 0. The Balaban J connectivity index is 2.09. The lowest BCUT2D eigenvalue weighted by molar-refractivity contribution is 0.578. The van der Waals surface area contributed by atoms with Crippen LogP contribution in [-0.2, 0) is 10.0 Å². The van der Waals surface area contributed by atoms with Crippen molar-refractivity contribution < 1.29 is 8.42 Å². The molecule has 1 aliphatic rings. The van der Waals surface area contributed by atoms with Crippen LogP contribution in [0.5, 0.6) is 0 Å². The van der Waals surface area contributed by atoms with E-state index >= 15 is 0 Å². The highest BCUT2D eigenvalue weighted by atomic mass is 79.9.